The highest BCUT2D eigenvalue weighted by Gasteiger charge is 2.15. The van der Waals surface area contributed by atoms with E-state index in [1.54, 1.807) is 56.3 Å². The van der Waals surface area contributed by atoms with Crippen molar-refractivity contribution in [3.05, 3.63) is 59.7 Å². The predicted molar refractivity (Wildman–Crippen MR) is 176 cm³/mol. The molecule has 1 aliphatic rings. The molecule has 3 rings (SSSR count). The number of esters is 2. The fraction of sp³-hybridized carbons (Fsp3) is 0.600. The van der Waals surface area contributed by atoms with Crippen LogP contribution in [0, 0.1) is 0 Å². The van der Waals surface area contributed by atoms with Gasteiger partial charge in [0.15, 0.2) is 6.29 Å². The van der Waals surface area contributed by atoms with Gasteiger partial charge in [0, 0.05) is 6.61 Å². The molecule has 1 fully saturated rings. The summed E-state index contributed by atoms with van der Waals surface area (Å²) >= 11 is 0. The molecular weight excluding hydrogens is 628 g/mol. The Morgan fingerprint density at radius 2 is 1.10 bits per heavy atom. The molecule has 1 heterocycles. The van der Waals surface area contributed by atoms with Gasteiger partial charge >= 0.3 is 11.9 Å². The Bertz CT molecular complexity index is 1110. The Labute approximate surface area is 283 Å². The molecule has 0 aliphatic carbocycles. The van der Waals surface area contributed by atoms with Gasteiger partial charge < -0.3 is 52.5 Å². The Morgan fingerprint density at radius 3 is 1.56 bits per heavy atom. The zero-order valence-corrected chi connectivity index (χ0v) is 28.3. The molecule has 1 atom stereocenters. The molecule has 1 saturated heterocycles. The van der Waals surface area contributed by atoms with E-state index in [0.29, 0.717) is 109 Å². The van der Waals surface area contributed by atoms with Crippen molar-refractivity contribution >= 4 is 11.9 Å². The maximum atomic E-state index is 11.9. The lowest BCUT2D eigenvalue weighted by Gasteiger charge is -2.22. The molecule has 0 amide bonds. The fourth-order valence-corrected chi connectivity index (χ4v) is 4.15. The maximum absolute atomic E-state index is 11.9. The minimum Gasteiger partial charge on any atom is -0.490 e. The van der Waals surface area contributed by atoms with E-state index in [-0.39, 0.29) is 18.9 Å². The molecule has 2 aromatic rings. The first-order valence-electron chi connectivity index (χ1n) is 16.5. The van der Waals surface area contributed by atoms with Crippen LogP contribution in [0.25, 0.3) is 0 Å². The summed E-state index contributed by atoms with van der Waals surface area (Å²) in [7, 11) is 0. The van der Waals surface area contributed by atoms with Crippen LogP contribution in [0.15, 0.2) is 48.5 Å². The minimum absolute atomic E-state index is 0.00769. The van der Waals surface area contributed by atoms with E-state index < -0.39 is 5.97 Å². The summed E-state index contributed by atoms with van der Waals surface area (Å²) in [6, 6.07) is 13.9. The fourth-order valence-electron chi connectivity index (χ4n) is 4.15. The summed E-state index contributed by atoms with van der Waals surface area (Å²) < 4.78 is 53.5. The third-order valence-corrected chi connectivity index (χ3v) is 6.38. The summed E-state index contributed by atoms with van der Waals surface area (Å²) in [4.78, 5) is 23.6. The molecule has 0 saturated carbocycles. The molecule has 0 bridgehead atoms. The predicted octanol–water partition coefficient (Wildman–Crippen LogP) is 4.09. The SMILES string of the molecule is CCOC(=O)c1ccccc1OCCOCCOCCO.CCOC(=O)c1ccccc1OCCOCCOCCOC1CCCCO1. The number of rotatable bonds is 24. The molecule has 2 aromatic carbocycles. The summed E-state index contributed by atoms with van der Waals surface area (Å²) in [5.74, 6) is 0.198. The molecular formula is C35H52O13. The van der Waals surface area contributed by atoms with Gasteiger partial charge in [-0.2, -0.15) is 0 Å². The van der Waals surface area contributed by atoms with Gasteiger partial charge in [-0.05, 0) is 57.4 Å². The number of hydrogen-bond donors (Lipinski definition) is 1. The first kappa shape index (κ1) is 40.9. The van der Waals surface area contributed by atoms with E-state index in [4.69, 9.17) is 52.5 Å². The van der Waals surface area contributed by atoms with E-state index in [1.165, 1.54) is 0 Å². The molecule has 270 valence electrons. The minimum atomic E-state index is -0.397. The summed E-state index contributed by atoms with van der Waals surface area (Å²) in [6.07, 6.45) is 3.16. The molecule has 13 heteroatoms. The van der Waals surface area contributed by atoms with Gasteiger partial charge in [-0.1, -0.05) is 24.3 Å². The number of aliphatic hydroxyl groups is 1. The highest BCUT2D eigenvalue weighted by molar-refractivity contribution is 5.93. The second kappa shape index (κ2) is 27.6. The average Bonchev–Trinajstić information content (AvgIpc) is 3.11. The van der Waals surface area contributed by atoms with Crippen molar-refractivity contribution in [1.82, 2.24) is 0 Å². The topological polar surface area (TPSA) is 147 Å². The third-order valence-electron chi connectivity index (χ3n) is 6.38. The number of hydrogen-bond acceptors (Lipinski definition) is 13. The second-order valence-electron chi connectivity index (χ2n) is 9.97. The normalized spacial score (nSPS) is 14.0. The zero-order chi connectivity index (χ0) is 34.5. The number of benzene rings is 2. The molecule has 0 aromatic heterocycles. The largest absolute Gasteiger partial charge is 0.490 e. The number of carbonyl (C=O) groups excluding carboxylic acids is 2. The average molecular weight is 681 g/mol. The number of ether oxygens (including phenoxy) is 10. The van der Waals surface area contributed by atoms with Gasteiger partial charge in [-0.25, -0.2) is 9.59 Å². The molecule has 0 spiro atoms. The lowest BCUT2D eigenvalue weighted by Crippen LogP contribution is -2.24. The van der Waals surface area contributed by atoms with Crippen LogP contribution in [0.5, 0.6) is 11.5 Å². The summed E-state index contributed by atoms with van der Waals surface area (Å²) in [6.45, 7) is 9.64. The number of aliphatic hydroxyl groups excluding tert-OH is 1. The Hall–Kier alpha value is -3.30. The highest BCUT2D eigenvalue weighted by atomic mass is 16.7. The molecule has 48 heavy (non-hydrogen) atoms. The van der Waals surface area contributed by atoms with Crippen molar-refractivity contribution in [2.75, 3.05) is 99.1 Å². The Morgan fingerprint density at radius 1 is 0.646 bits per heavy atom. The van der Waals surface area contributed by atoms with Crippen LogP contribution in [0.2, 0.25) is 0 Å². The molecule has 13 nitrogen and oxygen atoms in total. The molecule has 1 aliphatic heterocycles. The maximum Gasteiger partial charge on any atom is 0.341 e. The Balaban J connectivity index is 0.000000345. The van der Waals surface area contributed by atoms with E-state index in [9.17, 15) is 9.59 Å². The van der Waals surface area contributed by atoms with Crippen LogP contribution in [-0.4, -0.2) is 122 Å². The molecule has 1 N–H and O–H groups in total. The zero-order valence-electron chi connectivity index (χ0n) is 28.3. The van der Waals surface area contributed by atoms with Gasteiger partial charge in [0.2, 0.25) is 0 Å². The summed E-state index contributed by atoms with van der Waals surface area (Å²) in [5.41, 5.74) is 0.829. The third kappa shape index (κ3) is 18.3. The van der Waals surface area contributed by atoms with Crippen LogP contribution in [0.4, 0.5) is 0 Å². The van der Waals surface area contributed by atoms with Gasteiger partial charge in [0.25, 0.3) is 0 Å². The van der Waals surface area contributed by atoms with Crippen LogP contribution in [0.3, 0.4) is 0 Å². The van der Waals surface area contributed by atoms with Crippen molar-refractivity contribution in [1.29, 1.82) is 0 Å². The van der Waals surface area contributed by atoms with Crippen molar-refractivity contribution in [2.24, 2.45) is 0 Å². The number of carbonyl (C=O) groups is 2. The van der Waals surface area contributed by atoms with Gasteiger partial charge in [0.1, 0.15) is 35.8 Å². The van der Waals surface area contributed by atoms with Crippen LogP contribution >= 0.6 is 0 Å². The van der Waals surface area contributed by atoms with Crippen molar-refractivity contribution in [3.63, 3.8) is 0 Å². The smallest absolute Gasteiger partial charge is 0.341 e. The van der Waals surface area contributed by atoms with Crippen molar-refractivity contribution < 1.29 is 62.1 Å². The lowest BCUT2D eigenvalue weighted by atomic mass is 10.2. The van der Waals surface area contributed by atoms with Crippen LogP contribution in [-0.2, 0) is 37.9 Å². The van der Waals surface area contributed by atoms with E-state index >= 15 is 0 Å². The van der Waals surface area contributed by atoms with Crippen LogP contribution in [0.1, 0.15) is 53.8 Å². The van der Waals surface area contributed by atoms with E-state index in [0.717, 1.165) is 25.9 Å². The van der Waals surface area contributed by atoms with Crippen molar-refractivity contribution in [3.8, 4) is 11.5 Å². The van der Waals surface area contributed by atoms with E-state index in [1.807, 2.05) is 6.07 Å². The quantitative estimate of drug-likeness (QED) is 0.126. The van der Waals surface area contributed by atoms with Crippen molar-refractivity contribution in [2.45, 2.75) is 39.4 Å². The van der Waals surface area contributed by atoms with E-state index in [2.05, 4.69) is 0 Å². The second-order valence-corrected chi connectivity index (χ2v) is 9.97. The van der Waals surface area contributed by atoms with Gasteiger partial charge in [0.05, 0.1) is 79.3 Å². The van der Waals surface area contributed by atoms with Gasteiger partial charge in [-0.15, -0.1) is 0 Å². The first-order chi connectivity index (χ1) is 23.6. The first-order valence-corrected chi connectivity index (χ1v) is 16.5. The lowest BCUT2D eigenvalue weighted by molar-refractivity contribution is -0.169. The standard InChI is InChI=1S/C20H30O7.C15H22O6/c1-2-24-20(21)17-7-3-4-8-18(17)25-15-13-22-11-12-23-14-16-27-19-9-5-6-10-26-19;1-2-20-15(17)13-5-3-4-6-14(13)21-12-11-19-10-9-18-8-7-16/h3-4,7-8,19H,2,5-6,9-16H2,1H3;3-6,16H,2,7-12H2,1H3. The summed E-state index contributed by atoms with van der Waals surface area (Å²) in [5, 5.41) is 8.52. The Kier molecular flexibility index (Phi) is 23.5. The number of para-hydroxylation sites is 2. The highest BCUT2D eigenvalue weighted by Crippen LogP contribution is 2.20. The molecule has 0 radical (unpaired) electrons. The molecule has 1 unspecified atom stereocenters. The monoisotopic (exact) mass is 680 g/mol. The van der Waals surface area contributed by atoms with Gasteiger partial charge in [-0.3, -0.25) is 0 Å². The van der Waals surface area contributed by atoms with Crippen LogP contribution < -0.4 is 9.47 Å².